The Kier molecular flexibility index (Phi) is 5.74. The Bertz CT molecular complexity index is 676. The van der Waals surface area contributed by atoms with E-state index >= 15 is 0 Å². The number of amides is 1. The highest BCUT2D eigenvalue weighted by Gasteiger charge is 2.05. The van der Waals surface area contributed by atoms with Gasteiger partial charge < -0.3 is 9.84 Å². The monoisotopic (exact) mass is 312 g/mol. The molecule has 0 aliphatic heterocycles. The highest BCUT2D eigenvalue weighted by molar-refractivity contribution is 6.00. The number of hydrogen-bond acceptors (Lipinski definition) is 4. The fourth-order valence-corrected chi connectivity index (χ4v) is 1.89. The van der Waals surface area contributed by atoms with E-state index in [0.29, 0.717) is 17.9 Å². The lowest BCUT2D eigenvalue weighted by Gasteiger charge is -2.06. The van der Waals surface area contributed by atoms with E-state index in [2.05, 4.69) is 17.5 Å². The van der Waals surface area contributed by atoms with Crippen LogP contribution in [0.3, 0.4) is 0 Å². The molecule has 0 saturated carbocycles. The molecule has 0 radical (unpaired) electrons. The molecule has 5 heteroatoms. The van der Waals surface area contributed by atoms with E-state index in [0.717, 1.165) is 17.7 Å². The van der Waals surface area contributed by atoms with Gasteiger partial charge >= 0.3 is 0 Å². The summed E-state index contributed by atoms with van der Waals surface area (Å²) in [5.41, 5.74) is 4.53. The summed E-state index contributed by atoms with van der Waals surface area (Å²) in [5.74, 6) is 0.607. The summed E-state index contributed by atoms with van der Waals surface area (Å²) in [6.45, 7) is 4.57. The van der Waals surface area contributed by atoms with Gasteiger partial charge in [0.1, 0.15) is 11.5 Å². The quantitative estimate of drug-likeness (QED) is 0.635. The zero-order chi connectivity index (χ0) is 16.7. The fourth-order valence-electron chi connectivity index (χ4n) is 1.89. The van der Waals surface area contributed by atoms with Gasteiger partial charge in [0.05, 0.1) is 12.3 Å². The minimum Gasteiger partial charge on any atom is -0.508 e. The zero-order valence-electron chi connectivity index (χ0n) is 13.2. The summed E-state index contributed by atoms with van der Waals surface area (Å²) in [4.78, 5) is 11.9. The van der Waals surface area contributed by atoms with E-state index in [-0.39, 0.29) is 11.7 Å². The molecule has 2 N–H and O–H groups in total. The van der Waals surface area contributed by atoms with Crippen LogP contribution in [0.1, 0.15) is 36.2 Å². The lowest BCUT2D eigenvalue weighted by molar-refractivity contribution is 0.0955. The number of carbonyl (C=O) groups is 1. The minimum atomic E-state index is -0.327. The predicted molar refractivity (Wildman–Crippen MR) is 90.0 cm³/mol. The molecule has 1 amide bonds. The van der Waals surface area contributed by atoms with E-state index in [1.54, 1.807) is 0 Å². The van der Waals surface area contributed by atoms with Gasteiger partial charge in [-0.15, -0.1) is 0 Å². The van der Waals surface area contributed by atoms with Crippen molar-refractivity contribution >= 4 is 11.6 Å². The largest absolute Gasteiger partial charge is 0.508 e. The normalized spacial score (nSPS) is 11.1. The Morgan fingerprint density at radius 2 is 1.70 bits per heavy atom. The van der Waals surface area contributed by atoms with Crippen molar-refractivity contribution in [3.63, 3.8) is 0 Å². The second-order valence-electron chi connectivity index (χ2n) is 5.06. The average molecular weight is 312 g/mol. The number of hydrogen-bond donors (Lipinski definition) is 2. The number of benzene rings is 2. The highest BCUT2D eigenvalue weighted by Crippen LogP contribution is 2.13. The van der Waals surface area contributed by atoms with Crippen molar-refractivity contribution in [2.24, 2.45) is 5.10 Å². The molecule has 0 bridgehead atoms. The summed E-state index contributed by atoms with van der Waals surface area (Å²) < 4.78 is 5.53. The number of aromatic hydroxyl groups is 1. The van der Waals surface area contributed by atoms with Crippen LogP contribution in [-0.2, 0) is 0 Å². The summed E-state index contributed by atoms with van der Waals surface area (Å²) in [5, 5.41) is 13.3. The molecule has 2 aromatic carbocycles. The molecule has 5 nitrogen and oxygen atoms in total. The van der Waals surface area contributed by atoms with Gasteiger partial charge in [0.2, 0.25) is 0 Å². The van der Waals surface area contributed by atoms with Crippen LogP contribution in [0, 0.1) is 0 Å². The molecule has 0 spiro atoms. The highest BCUT2D eigenvalue weighted by atomic mass is 16.5. The molecule has 0 unspecified atom stereocenters. The first-order valence-corrected chi connectivity index (χ1v) is 7.47. The fraction of sp³-hybridized carbons (Fsp3) is 0.222. The van der Waals surface area contributed by atoms with Crippen LogP contribution in [0.15, 0.2) is 53.6 Å². The summed E-state index contributed by atoms with van der Waals surface area (Å²) in [7, 11) is 0. The molecule has 0 fully saturated rings. The Hall–Kier alpha value is -2.82. The first-order chi connectivity index (χ1) is 11.1. The molecular weight excluding hydrogens is 292 g/mol. The molecule has 23 heavy (non-hydrogen) atoms. The van der Waals surface area contributed by atoms with E-state index in [4.69, 9.17) is 4.74 Å². The van der Waals surface area contributed by atoms with Crippen molar-refractivity contribution in [2.45, 2.75) is 20.3 Å². The number of hydrazone groups is 1. The van der Waals surface area contributed by atoms with Gasteiger partial charge in [-0.2, -0.15) is 5.10 Å². The molecule has 0 aliphatic rings. The predicted octanol–water partition coefficient (Wildman–Crippen LogP) is 3.34. The molecule has 120 valence electrons. The number of phenolic OH excluding ortho intramolecular Hbond substituents is 1. The van der Waals surface area contributed by atoms with Gasteiger partial charge in [-0.1, -0.05) is 6.92 Å². The lowest BCUT2D eigenvalue weighted by atomic mass is 10.1. The molecule has 0 aliphatic carbocycles. The van der Waals surface area contributed by atoms with Crippen LogP contribution >= 0.6 is 0 Å². The molecule has 0 atom stereocenters. The van der Waals surface area contributed by atoms with E-state index < -0.39 is 0 Å². The molecule has 0 saturated heterocycles. The molecule has 2 rings (SSSR count). The Morgan fingerprint density at radius 3 is 2.30 bits per heavy atom. The van der Waals surface area contributed by atoms with Gasteiger partial charge in [0, 0.05) is 5.56 Å². The number of carbonyl (C=O) groups excluding carboxylic acids is 1. The van der Waals surface area contributed by atoms with Crippen molar-refractivity contribution in [3.8, 4) is 11.5 Å². The number of ether oxygens (including phenoxy) is 1. The van der Waals surface area contributed by atoms with E-state index in [1.807, 2.05) is 31.2 Å². The van der Waals surface area contributed by atoms with Crippen LogP contribution in [0.5, 0.6) is 11.5 Å². The van der Waals surface area contributed by atoms with Crippen LogP contribution in [-0.4, -0.2) is 23.3 Å². The first kappa shape index (κ1) is 16.5. The Morgan fingerprint density at radius 1 is 1.09 bits per heavy atom. The second-order valence-corrected chi connectivity index (χ2v) is 5.06. The van der Waals surface area contributed by atoms with Gasteiger partial charge in [0.25, 0.3) is 5.91 Å². The maximum absolute atomic E-state index is 11.9. The van der Waals surface area contributed by atoms with E-state index in [9.17, 15) is 9.90 Å². The maximum atomic E-state index is 11.9. The SMILES string of the molecule is CCCOc1ccc(/C(C)=N/NC(=O)c2ccc(O)cc2)cc1. The smallest absolute Gasteiger partial charge is 0.271 e. The standard InChI is InChI=1S/C18H20N2O3/c1-3-12-23-17-10-6-14(7-11-17)13(2)19-20-18(22)15-4-8-16(21)9-5-15/h4-11,21H,3,12H2,1-2H3,(H,20,22)/b19-13+. The van der Waals surface area contributed by atoms with Crippen molar-refractivity contribution in [3.05, 3.63) is 59.7 Å². The van der Waals surface area contributed by atoms with Gasteiger partial charge in [-0.3, -0.25) is 4.79 Å². The first-order valence-electron chi connectivity index (χ1n) is 7.47. The topological polar surface area (TPSA) is 70.9 Å². The maximum Gasteiger partial charge on any atom is 0.271 e. The van der Waals surface area contributed by atoms with Crippen molar-refractivity contribution in [1.29, 1.82) is 0 Å². The van der Waals surface area contributed by atoms with Gasteiger partial charge in [-0.25, -0.2) is 5.43 Å². The van der Waals surface area contributed by atoms with Crippen molar-refractivity contribution in [2.75, 3.05) is 6.61 Å². The summed E-state index contributed by atoms with van der Waals surface area (Å²) >= 11 is 0. The molecule has 0 aromatic heterocycles. The number of rotatable bonds is 6. The van der Waals surface area contributed by atoms with Gasteiger partial charge in [-0.05, 0) is 67.4 Å². The Balaban J connectivity index is 1.99. The zero-order valence-corrected chi connectivity index (χ0v) is 13.2. The second kappa shape index (κ2) is 7.98. The third kappa shape index (κ3) is 4.85. The lowest BCUT2D eigenvalue weighted by Crippen LogP contribution is -2.19. The molecule has 0 heterocycles. The number of phenols is 1. The average Bonchev–Trinajstić information content (AvgIpc) is 2.58. The minimum absolute atomic E-state index is 0.117. The molecular formula is C18H20N2O3. The summed E-state index contributed by atoms with van der Waals surface area (Å²) in [6.07, 6.45) is 0.964. The Labute approximate surface area is 135 Å². The third-order valence-corrected chi connectivity index (χ3v) is 3.20. The van der Waals surface area contributed by atoms with Crippen LogP contribution < -0.4 is 10.2 Å². The van der Waals surface area contributed by atoms with Crippen LogP contribution in [0.25, 0.3) is 0 Å². The molecule has 2 aromatic rings. The van der Waals surface area contributed by atoms with Crippen LogP contribution in [0.2, 0.25) is 0 Å². The van der Waals surface area contributed by atoms with Crippen molar-refractivity contribution in [1.82, 2.24) is 5.43 Å². The van der Waals surface area contributed by atoms with Crippen LogP contribution in [0.4, 0.5) is 0 Å². The number of nitrogens with one attached hydrogen (secondary N) is 1. The van der Waals surface area contributed by atoms with E-state index in [1.165, 1.54) is 24.3 Å². The number of nitrogens with zero attached hydrogens (tertiary/aromatic N) is 1. The summed E-state index contributed by atoms with van der Waals surface area (Å²) in [6, 6.07) is 13.6. The van der Waals surface area contributed by atoms with Gasteiger partial charge in [0.15, 0.2) is 0 Å². The third-order valence-electron chi connectivity index (χ3n) is 3.20. The van der Waals surface area contributed by atoms with Crippen molar-refractivity contribution < 1.29 is 14.6 Å².